The zero-order valence-corrected chi connectivity index (χ0v) is 11.1. The van der Waals surface area contributed by atoms with Gasteiger partial charge in [0.2, 0.25) is 0 Å². The summed E-state index contributed by atoms with van der Waals surface area (Å²) in [5.74, 6) is 0.735. The van der Waals surface area contributed by atoms with Crippen molar-refractivity contribution in [3.63, 3.8) is 0 Å². The monoisotopic (exact) mass is 280 g/mol. The third kappa shape index (κ3) is 1.58. The van der Waals surface area contributed by atoms with Gasteiger partial charge in [-0.15, -0.1) is 10.2 Å². The third-order valence-electron chi connectivity index (χ3n) is 3.30. The quantitative estimate of drug-likeness (QED) is 0.535. The van der Waals surface area contributed by atoms with Crippen molar-refractivity contribution in [1.82, 2.24) is 19.7 Å². The molecule has 0 saturated carbocycles. The highest BCUT2D eigenvalue weighted by Gasteiger charge is 2.11. The van der Waals surface area contributed by atoms with E-state index in [0.29, 0.717) is 5.15 Å². The van der Waals surface area contributed by atoms with Crippen LogP contribution in [0.1, 0.15) is 0 Å². The molecule has 0 aliphatic rings. The van der Waals surface area contributed by atoms with E-state index in [-0.39, 0.29) is 0 Å². The largest absolute Gasteiger partial charge is 0.281 e. The Morgan fingerprint density at radius 1 is 0.850 bits per heavy atom. The number of para-hydroxylation sites is 2. The lowest BCUT2D eigenvalue weighted by molar-refractivity contribution is 0.947. The number of imidazole rings is 1. The molecule has 0 atom stereocenters. The average Bonchev–Trinajstić information content (AvgIpc) is 2.92. The fraction of sp³-hybridized carbons (Fsp3) is 0. The predicted octanol–water partition coefficient (Wildman–Crippen LogP) is 3.62. The molecular weight excluding hydrogens is 272 g/mol. The van der Waals surface area contributed by atoms with Gasteiger partial charge in [-0.2, -0.15) is 0 Å². The molecule has 0 radical (unpaired) electrons. The van der Waals surface area contributed by atoms with Gasteiger partial charge in [0, 0.05) is 10.8 Å². The van der Waals surface area contributed by atoms with Crippen LogP contribution in [-0.4, -0.2) is 19.7 Å². The molecule has 0 spiro atoms. The Morgan fingerprint density at radius 3 is 2.50 bits per heavy atom. The molecule has 0 bridgehead atoms. The molecule has 96 valence electrons. The second-order valence-corrected chi connectivity index (χ2v) is 4.82. The number of hydrogen-bond acceptors (Lipinski definition) is 3. The minimum atomic E-state index is 0.411. The van der Waals surface area contributed by atoms with Crippen LogP contribution in [0, 0.1) is 0 Å². The van der Waals surface area contributed by atoms with Crippen molar-refractivity contribution >= 4 is 33.4 Å². The first-order valence-corrected chi connectivity index (χ1v) is 6.56. The average molecular weight is 281 g/mol. The summed E-state index contributed by atoms with van der Waals surface area (Å²) in [5.41, 5.74) is 1.92. The van der Waals surface area contributed by atoms with Crippen molar-refractivity contribution in [3.05, 3.63) is 60.0 Å². The first-order valence-electron chi connectivity index (χ1n) is 6.18. The minimum Gasteiger partial charge on any atom is -0.281 e. The Morgan fingerprint density at radius 2 is 1.60 bits per heavy atom. The smallest absolute Gasteiger partial charge is 0.169 e. The van der Waals surface area contributed by atoms with Gasteiger partial charge in [0.25, 0.3) is 0 Å². The Bertz CT molecular complexity index is 929. The Hall–Kier alpha value is -2.46. The summed E-state index contributed by atoms with van der Waals surface area (Å²) in [4.78, 5) is 4.39. The van der Waals surface area contributed by atoms with Gasteiger partial charge >= 0.3 is 0 Å². The van der Waals surface area contributed by atoms with Crippen LogP contribution >= 0.6 is 11.6 Å². The zero-order chi connectivity index (χ0) is 13.5. The van der Waals surface area contributed by atoms with Crippen LogP contribution in [0.3, 0.4) is 0 Å². The SMILES string of the molecule is Clc1nnc(-n2cnc3ccccc32)c2ccccc12. The lowest BCUT2D eigenvalue weighted by Gasteiger charge is -2.07. The second kappa shape index (κ2) is 4.28. The Kier molecular flexibility index (Phi) is 2.44. The van der Waals surface area contributed by atoms with Crippen LogP contribution in [0.4, 0.5) is 0 Å². The molecule has 0 fully saturated rings. The standard InChI is InChI=1S/C15H9ClN4/c16-14-10-5-1-2-6-11(10)15(19-18-14)20-9-17-12-7-3-4-8-13(12)20/h1-9H. The van der Waals surface area contributed by atoms with Crippen LogP contribution in [0.5, 0.6) is 0 Å². The lowest BCUT2D eigenvalue weighted by Crippen LogP contribution is -1.99. The van der Waals surface area contributed by atoms with E-state index in [4.69, 9.17) is 11.6 Å². The van der Waals surface area contributed by atoms with E-state index in [1.165, 1.54) is 0 Å². The van der Waals surface area contributed by atoms with E-state index in [1.807, 2.05) is 53.1 Å². The van der Waals surface area contributed by atoms with Gasteiger partial charge in [-0.3, -0.25) is 4.57 Å². The van der Waals surface area contributed by atoms with Crippen LogP contribution < -0.4 is 0 Å². The molecule has 5 heteroatoms. The zero-order valence-electron chi connectivity index (χ0n) is 10.4. The van der Waals surface area contributed by atoms with E-state index < -0.39 is 0 Å². The molecule has 0 amide bonds. The van der Waals surface area contributed by atoms with Gasteiger partial charge in [0.1, 0.15) is 6.33 Å². The van der Waals surface area contributed by atoms with Crippen LogP contribution in [0.25, 0.3) is 27.6 Å². The molecule has 4 nitrogen and oxygen atoms in total. The van der Waals surface area contributed by atoms with Gasteiger partial charge in [-0.25, -0.2) is 4.98 Å². The van der Waals surface area contributed by atoms with E-state index >= 15 is 0 Å². The first kappa shape index (κ1) is 11.4. The minimum absolute atomic E-state index is 0.411. The number of fused-ring (bicyclic) bond motifs is 2. The molecule has 0 N–H and O–H groups in total. The highest BCUT2D eigenvalue weighted by Crippen LogP contribution is 2.26. The van der Waals surface area contributed by atoms with Crippen molar-refractivity contribution in [3.8, 4) is 5.82 Å². The summed E-state index contributed by atoms with van der Waals surface area (Å²) in [6.45, 7) is 0. The maximum atomic E-state index is 6.11. The predicted molar refractivity (Wildman–Crippen MR) is 79.2 cm³/mol. The highest BCUT2D eigenvalue weighted by molar-refractivity contribution is 6.34. The molecule has 2 aromatic heterocycles. The molecule has 0 aliphatic heterocycles. The summed E-state index contributed by atoms with van der Waals surface area (Å²) < 4.78 is 1.93. The Balaban J connectivity index is 2.10. The van der Waals surface area contributed by atoms with Crippen molar-refractivity contribution < 1.29 is 0 Å². The van der Waals surface area contributed by atoms with Crippen molar-refractivity contribution in [2.45, 2.75) is 0 Å². The molecule has 2 aromatic carbocycles. The number of nitrogens with zero attached hydrogens (tertiary/aromatic N) is 4. The number of rotatable bonds is 1. The normalized spacial score (nSPS) is 11.2. The van der Waals surface area contributed by atoms with Gasteiger partial charge in [0.15, 0.2) is 11.0 Å². The van der Waals surface area contributed by atoms with Crippen molar-refractivity contribution in [2.75, 3.05) is 0 Å². The summed E-state index contributed by atoms with van der Waals surface area (Å²) in [7, 11) is 0. The van der Waals surface area contributed by atoms with E-state index in [0.717, 1.165) is 27.6 Å². The molecule has 0 aliphatic carbocycles. The van der Waals surface area contributed by atoms with E-state index in [1.54, 1.807) is 6.33 Å². The molecule has 4 rings (SSSR count). The molecule has 2 heterocycles. The summed E-state index contributed by atoms with van der Waals surface area (Å²) in [5, 5.41) is 10.5. The summed E-state index contributed by atoms with van der Waals surface area (Å²) in [6, 6.07) is 15.7. The van der Waals surface area contributed by atoms with Crippen molar-refractivity contribution in [2.24, 2.45) is 0 Å². The number of benzene rings is 2. The van der Waals surface area contributed by atoms with Gasteiger partial charge in [-0.1, -0.05) is 48.0 Å². The summed E-state index contributed by atoms with van der Waals surface area (Å²) >= 11 is 6.11. The molecule has 0 unspecified atom stereocenters. The van der Waals surface area contributed by atoms with E-state index in [9.17, 15) is 0 Å². The highest BCUT2D eigenvalue weighted by atomic mass is 35.5. The fourth-order valence-corrected chi connectivity index (χ4v) is 2.57. The maximum absolute atomic E-state index is 6.11. The first-order chi connectivity index (χ1) is 9.84. The van der Waals surface area contributed by atoms with Crippen LogP contribution in [0.15, 0.2) is 54.9 Å². The molecule has 20 heavy (non-hydrogen) atoms. The van der Waals surface area contributed by atoms with E-state index in [2.05, 4.69) is 15.2 Å². The second-order valence-electron chi connectivity index (χ2n) is 4.46. The third-order valence-corrected chi connectivity index (χ3v) is 3.58. The molecule has 4 aromatic rings. The van der Waals surface area contributed by atoms with Crippen LogP contribution in [-0.2, 0) is 0 Å². The number of hydrogen-bond donors (Lipinski definition) is 0. The van der Waals surface area contributed by atoms with Crippen LogP contribution in [0.2, 0.25) is 5.15 Å². The van der Waals surface area contributed by atoms with Gasteiger partial charge in [0.05, 0.1) is 11.0 Å². The Labute approximate surface area is 119 Å². The van der Waals surface area contributed by atoms with Gasteiger partial charge < -0.3 is 0 Å². The van der Waals surface area contributed by atoms with Crippen molar-refractivity contribution in [1.29, 1.82) is 0 Å². The van der Waals surface area contributed by atoms with Gasteiger partial charge in [-0.05, 0) is 12.1 Å². The topological polar surface area (TPSA) is 43.6 Å². The lowest BCUT2D eigenvalue weighted by atomic mass is 10.2. The molecular formula is C15H9ClN4. The fourth-order valence-electron chi connectivity index (χ4n) is 2.36. The molecule has 0 saturated heterocycles. The maximum Gasteiger partial charge on any atom is 0.169 e. The number of halogens is 1. The number of aromatic nitrogens is 4. The summed E-state index contributed by atoms with van der Waals surface area (Å²) in [6.07, 6.45) is 1.76.